The predicted octanol–water partition coefficient (Wildman–Crippen LogP) is 1.15. The molecule has 1 atom stereocenters. The van der Waals surface area contributed by atoms with E-state index in [1.54, 1.807) is 6.33 Å². The Morgan fingerprint density at radius 1 is 1.60 bits per heavy atom. The van der Waals surface area contributed by atoms with Crippen molar-refractivity contribution in [2.45, 2.75) is 45.6 Å². The summed E-state index contributed by atoms with van der Waals surface area (Å²) >= 11 is 0. The fraction of sp³-hybridized carbons (Fsp3) is 0.786. The molecule has 3 N–H and O–H groups in total. The van der Waals surface area contributed by atoms with Crippen molar-refractivity contribution in [2.24, 2.45) is 24.1 Å². The summed E-state index contributed by atoms with van der Waals surface area (Å²) in [5.41, 5.74) is 5.51. The lowest BCUT2D eigenvalue weighted by molar-refractivity contribution is -0.133. The zero-order valence-corrected chi connectivity index (χ0v) is 12.6. The van der Waals surface area contributed by atoms with Gasteiger partial charge in [-0.15, -0.1) is 10.2 Å². The molecule has 0 saturated heterocycles. The molecule has 1 aromatic heterocycles. The molecule has 2 rings (SSSR count). The molecule has 1 aromatic rings. The van der Waals surface area contributed by atoms with Crippen LogP contribution in [0.1, 0.15) is 51.4 Å². The maximum absolute atomic E-state index is 12.6. The average Bonchev–Trinajstić information content (AvgIpc) is 2.86. The summed E-state index contributed by atoms with van der Waals surface area (Å²) in [6.07, 6.45) is 5.54. The van der Waals surface area contributed by atoms with Crippen molar-refractivity contribution in [3.63, 3.8) is 0 Å². The number of hydrogen-bond donors (Lipinski definition) is 2. The Morgan fingerprint density at radius 2 is 2.25 bits per heavy atom. The Morgan fingerprint density at radius 3 is 2.75 bits per heavy atom. The van der Waals surface area contributed by atoms with Crippen LogP contribution in [0.4, 0.5) is 0 Å². The highest BCUT2D eigenvalue weighted by Gasteiger charge is 2.40. The van der Waals surface area contributed by atoms with Gasteiger partial charge in [0, 0.05) is 13.6 Å². The van der Waals surface area contributed by atoms with E-state index in [1.165, 1.54) is 0 Å². The minimum Gasteiger partial charge on any atom is -0.346 e. The molecule has 1 heterocycles. The summed E-state index contributed by atoms with van der Waals surface area (Å²) < 4.78 is 1.82. The number of nitrogens with one attached hydrogen (secondary N) is 1. The topological polar surface area (TPSA) is 85.8 Å². The first-order valence-electron chi connectivity index (χ1n) is 7.33. The molecule has 112 valence electrons. The van der Waals surface area contributed by atoms with Gasteiger partial charge in [-0.2, -0.15) is 0 Å². The Hall–Kier alpha value is -1.43. The lowest BCUT2D eigenvalue weighted by atomic mass is 9.70. The van der Waals surface area contributed by atoms with Gasteiger partial charge < -0.3 is 15.6 Å². The SMILES string of the molecule is CC1CCC(CN)(C(=O)NC(C)c2nncn2C)CC1. The van der Waals surface area contributed by atoms with E-state index >= 15 is 0 Å². The number of carbonyl (C=O) groups excluding carboxylic acids is 1. The minimum absolute atomic E-state index is 0.0578. The van der Waals surface area contributed by atoms with Gasteiger partial charge in [-0.05, 0) is 38.5 Å². The van der Waals surface area contributed by atoms with E-state index in [9.17, 15) is 4.79 Å². The van der Waals surface area contributed by atoms with Crippen molar-refractivity contribution in [2.75, 3.05) is 6.54 Å². The molecule has 6 heteroatoms. The summed E-state index contributed by atoms with van der Waals surface area (Å²) in [6, 6.07) is -0.155. The molecule has 0 aromatic carbocycles. The van der Waals surface area contributed by atoms with Gasteiger partial charge in [-0.3, -0.25) is 4.79 Å². The van der Waals surface area contributed by atoms with Crippen LogP contribution in [-0.2, 0) is 11.8 Å². The van der Waals surface area contributed by atoms with Crippen LogP contribution in [0.15, 0.2) is 6.33 Å². The minimum atomic E-state index is -0.403. The number of hydrogen-bond acceptors (Lipinski definition) is 4. The molecule has 0 radical (unpaired) electrons. The Bertz CT molecular complexity index is 462. The van der Waals surface area contributed by atoms with Crippen molar-refractivity contribution in [3.8, 4) is 0 Å². The lowest BCUT2D eigenvalue weighted by Gasteiger charge is -2.37. The van der Waals surface area contributed by atoms with Crippen molar-refractivity contribution < 1.29 is 4.79 Å². The standard InChI is InChI=1S/C14H25N5O/c1-10-4-6-14(8-15,7-5-10)13(20)17-11(2)12-18-16-9-19(12)3/h9-11H,4-8,15H2,1-3H3,(H,17,20). The third-order valence-corrected chi connectivity index (χ3v) is 4.59. The van der Waals surface area contributed by atoms with E-state index in [4.69, 9.17) is 5.73 Å². The first-order chi connectivity index (χ1) is 9.48. The van der Waals surface area contributed by atoms with Crippen LogP contribution in [0.5, 0.6) is 0 Å². The smallest absolute Gasteiger partial charge is 0.228 e. The first-order valence-corrected chi connectivity index (χ1v) is 7.33. The lowest BCUT2D eigenvalue weighted by Crippen LogP contribution is -2.48. The molecule has 1 amide bonds. The second-order valence-corrected chi connectivity index (χ2v) is 6.16. The molecule has 1 aliphatic rings. The van der Waals surface area contributed by atoms with Gasteiger partial charge in [0.05, 0.1) is 11.5 Å². The third kappa shape index (κ3) is 2.85. The first kappa shape index (κ1) is 15.0. The van der Waals surface area contributed by atoms with Gasteiger partial charge in [-0.25, -0.2) is 0 Å². The quantitative estimate of drug-likeness (QED) is 0.865. The van der Waals surface area contributed by atoms with Gasteiger partial charge in [0.25, 0.3) is 0 Å². The van der Waals surface area contributed by atoms with E-state index in [1.807, 2.05) is 18.5 Å². The summed E-state index contributed by atoms with van der Waals surface area (Å²) in [5.74, 6) is 1.51. The molecule has 1 fully saturated rings. The highest BCUT2D eigenvalue weighted by molar-refractivity contribution is 5.83. The van der Waals surface area contributed by atoms with Crippen LogP contribution >= 0.6 is 0 Å². The summed E-state index contributed by atoms with van der Waals surface area (Å²) in [7, 11) is 1.87. The molecule has 1 saturated carbocycles. The summed E-state index contributed by atoms with van der Waals surface area (Å²) in [6.45, 7) is 4.58. The molecule has 20 heavy (non-hydrogen) atoms. The number of aromatic nitrogens is 3. The average molecular weight is 279 g/mol. The fourth-order valence-electron chi connectivity index (χ4n) is 2.94. The second-order valence-electron chi connectivity index (χ2n) is 6.16. The van der Waals surface area contributed by atoms with Crippen molar-refractivity contribution in [1.29, 1.82) is 0 Å². The fourth-order valence-corrected chi connectivity index (χ4v) is 2.94. The van der Waals surface area contributed by atoms with E-state index in [0.717, 1.165) is 31.5 Å². The number of carbonyl (C=O) groups is 1. The van der Waals surface area contributed by atoms with E-state index in [2.05, 4.69) is 22.4 Å². The predicted molar refractivity (Wildman–Crippen MR) is 76.7 cm³/mol. The van der Waals surface area contributed by atoms with Crippen molar-refractivity contribution in [1.82, 2.24) is 20.1 Å². The maximum atomic E-state index is 12.6. The van der Waals surface area contributed by atoms with E-state index in [-0.39, 0.29) is 11.9 Å². The molecule has 0 bridgehead atoms. The molecular weight excluding hydrogens is 254 g/mol. The normalized spacial score (nSPS) is 28.1. The van der Waals surface area contributed by atoms with Gasteiger partial charge in [-0.1, -0.05) is 6.92 Å². The number of aryl methyl sites for hydroxylation is 1. The number of amides is 1. The van der Waals surface area contributed by atoms with Crippen LogP contribution in [0, 0.1) is 11.3 Å². The monoisotopic (exact) mass is 279 g/mol. The third-order valence-electron chi connectivity index (χ3n) is 4.59. The van der Waals surface area contributed by atoms with Crippen molar-refractivity contribution >= 4 is 5.91 Å². The Labute approximate surface area is 120 Å². The Kier molecular flexibility index (Phi) is 4.42. The molecule has 0 spiro atoms. The zero-order valence-electron chi connectivity index (χ0n) is 12.6. The molecule has 0 aliphatic heterocycles. The van der Waals surface area contributed by atoms with Gasteiger partial charge >= 0.3 is 0 Å². The van der Waals surface area contributed by atoms with Crippen LogP contribution in [0.2, 0.25) is 0 Å². The molecular formula is C14H25N5O. The molecule has 1 unspecified atom stereocenters. The van der Waals surface area contributed by atoms with E-state index < -0.39 is 5.41 Å². The number of rotatable bonds is 4. The summed E-state index contributed by atoms with van der Waals surface area (Å²) in [5, 5.41) is 10.9. The van der Waals surface area contributed by atoms with Crippen LogP contribution < -0.4 is 11.1 Å². The van der Waals surface area contributed by atoms with Crippen LogP contribution in [0.25, 0.3) is 0 Å². The largest absolute Gasteiger partial charge is 0.346 e. The number of nitrogens with zero attached hydrogens (tertiary/aromatic N) is 3. The van der Waals surface area contributed by atoms with Crippen LogP contribution in [0.3, 0.4) is 0 Å². The highest BCUT2D eigenvalue weighted by Crippen LogP contribution is 2.38. The highest BCUT2D eigenvalue weighted by atomic mass is 16.2. The van der Waals surface area contributed by atoms with Gasteiger partial charge in [0.1, 0.15) is 6.33 Å². The van der Waals surface area contributed by atoms with Crippen LogP contribution in [-0.4, -0.2) is 27.2 Å². The van der Waals surface area contributed by atoms with Gasteiger partial charge in [0.2, 0.25) is 5.91 Å². The number of nitrogens with two attached hydrogens (primary N) is 1. The zero-order chi connectivity index (χ0) is 14.8. The molecule has 6 nitrogen and oxygen atoms in total. The molecule has 1 aliphatic carbocycles. The van der Waals surface area contributed by atoms with Crippen molar-refractivity contribution in [3.05, 3.63) is 12.2 Å². The second kappa shape index (κ2) is 5.91. The summed E-state index contributed by atoms with van der Waals surface area (Å²) in [4.78, 5) is 12.6. The van der Waals surface area contributed by atoms with Gasteiger partial charge in [0.15, 0.2) is 5.82 Å². The van der Waals surface area contributed by atoms with E-state index in [0.29, 0.717) is 12.5 Å². The Balaban J connectivity index is 2.05. The maximum Gasteiger partial charge on any atom is 0.228 e.